The number of hydrogen-bond acceptors (Lipinski definition) is 3. The number of aromatic nitrogens is 2. The van der Waals surface area contributed by atoms with Gasteiger partial charge in [-0.15, -0.1) is 11.3 Å². The Morgan fingerprint density at radius 3 is 2.35 bits per heavy atom. The summed E-state index contributed by atoms with van der Waals surface area (Å²) in [5.74, 6) is 0. The summed E-state index contributed by atoms with van der Waals surface area (Å²) in [7, 11) is 0. The summed E-state index contributed by atoms with van der Waals surface area (Å²) in [5, 5.41) is 3.14. The topological polar surface area (TPSA) is 44.0 Å². The van der Waals surface area contributed by atoms with E-state index in [1.54, 1.807) is 34.1 Å². The second kappa shape index (κ2) is 6.94. The zero-order chi connectivity index (χ0) is 18.1. The molecule has 0 aliphatic carbocycles. The Hall–Kier alpha value is -2.63. The first-order valence-corrected chi connectivity index (χ1v) is 9.38. The highest BCUT2D eigenvalue weighted by atomic mass is 35.5. The van der Waals surface area contributed by atoms with E-state index in [1.807, 2.05) is 47.8 Å². The molecule has 6 heteroatoms. The van der Waals surface area contributed by atoms with Gasteiger partial charge in [-0.25, -0.2) is 4.79 Å². The summed E-state index contributed by atoms with van der Waals surface area (Å²) < 4.78 is 2.96. The first-order valence-electron chi connectivity index (χ1n) is 8.13. The van der Waals surface area contributed by atoms with Gasteiger partial charge < -0.3 is 0 Å². The van der Waals surface area contributed by atoms with E-state index in [0.29, 0.717) is 22.5 Å². The molecule has 0 atom stereocenters. The summed E-state index contributed by atoms with van der Waals surface area (Å²) in [5.41, 5.74) is 0.926. The minimum Gasteiger partial charge on any atom is -0.288 e. The molecule has 26 heavy (non-hydrogen) atoms. The average Bonchev–Trinajstić information content (AvgIpc) is 3.17. The molecule has 0 radical (unpaired) electrons. The largest absolute Gasteiger partial charge is 0.332 e. The lowest BCUT2D eigenvalue weighted by Crippen LogP contribution is -2.40. The van der Waals surface area contributed by atoms with Crippen molar-refractivity contribution in [1.82, 2.24) is 9.13 Å². The lowest BCUT2D eigenvalue weighted by Gasteiger charge is -2.13. The number of benzene rings is 2. The highest BCUT2D eigenvalue weighted by Gasteiger charge is 2.13. The van der Waals surface area contributed by atoms with Crippen LogP contribution >= 0.6 is 22.9 Å². The van der Waals surface area contributed by atoms with Crippen LogP contribution in [0.5, 0.6) is 0 Å². The zero-order valence-corrected chi connectivity index (χ0v) is 15.3. The van der Waals surface area contributed by atoms with Gasteiger partial charge in [0.2, 0.25) is 0 Å². The van der Waals surface area contributed by atoms with E-state index in [0.717, 1.165) is 10.4 Å². The van der Waals surface area contributed by atoms with Crippen molar-refractivity contribution in [1.29, 1.82) is 0 Å². The smallest absolute Gasteiger partial charge is 0.288 e. The van der Waals surface area contributed by atoms with Crippen molar-refractivity contribution in [3.8, 4) is 0 Å². The minimum absolute atomic E-state index is 0.212. The van der Waals surface area contributed by atoms with Crippen LogP contribution in [0.2, 0.25) is 5.02 Å². The Morgan fingerprint density at radius 2 is 1.62 bits per heavy atom. The maximum absolute atomic E-state index is 13.1. The van der Waals surface area contributed by atoms with Gasteiger partial charge in [-0.2, -0.15) is 0 Å². The molecule has 0 unspecified atom stereocenters. The molecule has 130 valence electrons. The predicted molar refractivity (Wildman–Crippen MR) is 106 cm³/mol. The number of fused-ring (bicyclic) bond motifs is 1. The SMILES string of the molecule is O=c1c2ccccc2n(Cc2cccs2)c(=O)n1Cc1ccc(Cl)cc1. The highest BCUT2D eigenvalue weighted by Crippen LogP contribution is 2.14. The molecule has 0 aliphatic rings. The summed E-state index contributed by atoms with van der Waals surface area (Å²) in [6.07, 6.45) is 0. The summed E-state index contributed by atoms with van der Waals surface area (Å²) in [4.78, 5) is 27.1. The van der Waals surface area contributed by atoms with E-state index in [-0.39, 0.29) is 17.8 Å². The Labute approximate surface area is 158 Å². The molecule has 2 heterocycles. The van der Waals surface area contributed by atoms with Crippen LogP contribution in [-0.4, -0.2) is 9.13 Å². The van der Waals surface area contributed by atoms with Crippen molar-refractivity contribution in [2.24, 2.45) is 0 Å². The molecule has 0 N–H and O–H groups in total. The first-order chi connectivity index (χ1) is 12.6. The van der Waals surface area contributed by atoms with Crippen molar-refractivity contribution in [3.05, 3.63) is 102 Å². The molecule has 0 bridgehead atoms. The lowest BCUT2D eigenvalue weighted by molar-refractivity contribution is 0.638. The van der Waals surface area contributed by atoms with Gasteiger partial charge >= 0.3 is 5.69 Å². The van der Waals surface area contributed by atoms with E-state index in [4.69, 9.17) is 11.6 Å². The van der Waals surface area contributed by atoms with Crippen LogP contribution in [0.25, 0.3) is 10.9 Å². The van der Waals surface area contributed by atoms with Crippen LogP contribution in [0, 0.1) is 0 Å². The van der Waals surface area contributed by atoms with Crippen LogP contribution in [0.3, 0.4) is 0 Å². The van der Waals surface area contributed by atoms with E-state index in [1.165, 1.54) is 4.57 Å². The van der Waals surface area contributed by atoms with E-state index >= 15 is 0 Å². The fourth-order valence-corrected chi connectivity index (χ4v) is 3.81. The molecular formula is C20H15ClN2O2S. The normalized spacial score (nSPS) is 11.1. The summed E-state index contributed by atoms with van der Waals surface area (Å²) in [6, 6.07) is 18.3. The van der Waals surface area contributed by atoms with E-state index in [9.17, 15) is 9.59 Å². The molecule has 2 aromatic carbocycles. The van der Waals surface area contributed by atoms with Crippen LogP contribution in [0.15, 0.2) is 75.6 Å². The number of rotatable bonds is 4. The van der Waals surface area contributed by atoms with Gasteiger partial charge in [-0.3, -0.25) is 13.9 Å². The number of para-hydroxylation sites is 1. The average molecular weight is 383 g/mol. The maximum atomic E-state index is 13.1. The fraction of sp³-hybridized carbons (Fsp3) is 0.100. The fourth-order valence-electron chi connectivity index (χ4n) is 2.99. The van der Waals surface area contributed by atoms with Gasteiger partial charge in [0, 0.05) is 9.90 Å². The second-order valence-electron chi connectivity index (χ2n) is 5.98. The molecule has 4 aromatic rings. The second-order valence-corrected chi connectivity index (χ2v) is 7.45. The molecule has 2 aromatic heterocycles. The summed E-state index contributed by atoms with van der Waals surface area (Å²) >= 11 is 7.52. The van der Waals surface area contributed by atoms with Gasteiger partial charge in [-0.1, -0.05) is 41.9 Å². The third-order valence-electron chi connectivity index (χ3n) is 4.28. The van der Waals surface area contributed by atoms with Crippen molar-refractivity contribution in [2.45, 2.75) is 13.1 Å². The van der Waals surface area contributed by atoms with E-state index < -0.39 is 0 Å². The Bertz CT molecular complexity index is 1180. The van der Waals surface area contributed by atoms with E-state index in [2.05, 4.69) is 0 Å². The molecule has 0 spiro atoms. The first kappa shape index (κ1) is 16.8. The van der Waals surface area contributed by atoms with Gasteiger partial charge in [0.15, 0.2) is 0 Å². The van der Waals surface area contributed by atoms with Crippen LogP contribution in [0.1, 0.15) is 10.4 Å². The monoisotopic (exact) mass is 382 g/mol. The Kier molecular flexibility index (Phi) is 4.49. The Balaban J connectivity index is 1.91. The van der Waals surface area contributed by atoms with Gasteiger partial charge in [0.05, 0.1) is 24.0 Å². The van der Waals surface area contributed by atoms with Gasteiger partial charge in [0.25, 0.3) is 5.56 Å². The van der Waals surface area contributed by atoms with Gasteiger partial charge in [-0.05, 0) is 41.3 Å². The van der Waals surface area contributed by atoms with Crippen molar-refractivity contribution >= 4 is 33.8 Å². The number of hydrogen-bond donors (Lipinski definition) is 0. The zero-order valence-electron chi connectivity index (χ0n) is 13.8. The molecule has 0 amide bonds. The number of thiophene rings is 1. The van der Waals surface area contributed by atoms with Crippen LogP contribution in [-0.2, 0) is 13.1 Å². The molecule has 0 saturated heterocycles. The molecule has 0 fully saturated rings. The third kappa shape index (κ3) is 3.11. The molecule has 0 aliphatic heterocycles. The van der Waals surface area contributed by atoms with Crippen molar-refractivity contribution in [3.63, 3.8) is 0 Å². The van der Waals surface area contributed by atoms with Gasteiger partial charge in [0.1, 0.15) is 0 Å². The standard InChI is InChI=1S/C20H15ClN2O2S/c21-15-9-7-14(8-10-15)12-23-19(24)17-5-1-2-6-18(17)22(20(23)25)13-16-4-3-11-26-16/h1-11H,12-13H2. The third-order valence-corrected chi connectivity index (χ3v) is 5.39. The van der Waals surface area contributed by atoms with Crippen molar-refractivity contribution < 1.29 is 0 Å². The molecule has 4 nitrogen and oxygen atoms in total. The molecule has 0 saturated carbocycles. The quantitative estimate of drug-likeness (QED) is 0.536. The van der Waals surface area contributed by atoms with Crippen LogP contribution < -0.4 is 11.2 Å². The van der Waals surface area contributed by atoms with Crippen LogP contribution in [0.4, 0.5) is 0 Å². The minimum atomic E-state index is -0.308. The number of nitrogens with zero attached hydrogens (tertiary/aromatic N) is 2. The lowest BCUT2D eigenvalue weighted by atomic mass is 10.2. The summed E-state index contributed by atoms with van der Waals surface area (Å²) in [6.45, 7) is 0.655. The maximum Gasteiger partial charge on any atom is 0.332 e. The predicted octanol–water partition coefficient (Wildman–Crippen LogP) is 3.97. The molecular weight excluding hydrogens is 368 g/mol. The van der Waals surface area contributed by atoms with Crippen molar-refractivity contribution in [2.75, 3.05) is 0 Å². The number of halogens is 1. The molecule has 4 rings (SSSR count). The highest BCUT2D eigenvalue weighted by molar-refractivity contribution is 7.09. The Morgan fingerprint density at radius 1 is 0.846 bits per heavy atom.